The zero-order valence-electron chi connectivity index (χ0n) is 24.6. The molecule has 2 unspecified atom stereocenters. The van der Waals surface area contributed by atoms with Gasteiger partial charge in [-0.05, 0) is 84.6 Å². The zero-order valence-corrected chi connectivity index (χ0v) is 25.3. The van der Waals surface area contributed by atoms with Crippen molar-refractivity contribution in [1.29, 1.82) is 0 Å². The molecule has 0 radical (unpaired) electrons. The van der Waals surface area contributed by atoms with Crippen molar-refractivity contribution < 1.29 is 23.9 Å². The number of anilines is 1. The number of halogens is 1. The molecule has 0 aromatic heterocycles. The summed E-state index contributed by atoms with van der Waals surface area (Å²) in [5.41, 5.74) is 6.23. The molecule has 0 aliphatic heterocycles. The van der Waals surface area contributed by atoms with Crippen molar-refractivity contribution in [2.45, 2.75) is 91.5 Å². The molecule has 2 rings (SSSR count). The molecule has 0 saturated carbocycles. The van der Waals surface area contributed by atoms with Crippen molar-refractivity contribution in [3.05, 3.63) is 64.2 Å². The van der Waals surface area contributed by atoms with Gasteiger partial charge in [-0.3, -0.25) is 14.4 Å². The summed E-state index contributed by atoms with van der Waals surface area (Å²) < 4.78 is 5.38. The Balaban J connectivity index is 2.65. The van der Waals surface area contributed by atoms with Crippen LogP contribution >= 0.6 is 11.6 Å². The summed E-state index contributed by atoms with van der Waals surface area (Å²) in [6.45, 7) is 14.2. The Hall–Kier alpha value is -3.59. The second-order valence-electron chi connectivity index (χ2n) is 11.8. The van der Waals surface area contributed by atoms with Gasteiger partial charge in [-0.15, -0.1) is 0 Å². The first-order valence-corrected chi connectivity index (χ1v) is 13.5. The monoisotopic (exact) mass is 572 g/mol. The molecule has 2 aromatic rings. The van der Waals surface area contributed by atoms with Gasteiger partial charge in [0, 0.05) is 12.0 Å². The number of nitrogens with one attached hydrogen (secondary N) is 2. The number of benzene rings is 2. The molecule has 0 aliphatic carbocycles. The fourth-order valence-electron chi connectivity index (χ4n) is 4.28. The standard InChI is InChI=1S/C30H41ClN4O5/c1-18-12-9-10-14-20(18)25(26(37)34-24-19(2)13-11-15-21(24)31)35(29(3,4)5)27(38)22(16-17-23(32)36)33-28(39)40-30(6,7)8/h9-15,22,25H,16-17H2,1-8H3,(H2,32,36)(H,33,39)(H,34,37). The Morgan fingerprint density at radius 3 is 2.08 bits per heavy atom. The van der Waals surface area contributed by atoms with Gasteiger partial charge in [0.05, 0.1) is 10.7 Å². The van der Waals surface area contributed by atoms with Crippen LogP contribution in [0.3, 0.4) is 0 Å². The molecule has 9 nitrogen and oxygen atoms in total. The van der Waals surface area contributed by atoms with Crippen molar-refractivity contribution in [1.82, 2.24) is 10.2 Å². The van der Waals surface area contributed by atoms with Crippen LogP contribution in [0.4, 0.5) is 10.5 Å². The Bertz CT molecular complexity index is 1230. The molecule has 4 amide bonds. The number of hydrogen-bond acceptors (Lipinski definition) is 5. The molecule has 0 spiro atoms. The van der Waals surface area contributed by atoms with E-state index in [1.807, 2.05) is 32.0 Å². The smallest absolute Gasteiger partial charge is 0.408 e. The quantitative estimate of drug-likeness (QED) is 0.369. The van der Waals surface area contributed by atoms with E-state index in [2.05, 4.69) is 10.6 Å². The molecule has 0 fully saturated rings. The maximum absolute atomic E-state index is 14.3. The van der Waals surface area contributed by atoms with E-state index in [1.165, 1.54) is 4.90 Å². The minimum absolute atomic E-state index is 0.0777. The minimum atomic E-state index is -1.19. The van der Waals surface area contributed by atoms with Crippen LogP contribution < -0.4 is 16.4 Å². The van der Waals surface area contributed by atoms with Crippen LogP contribution in [0, 0.1) is 13.8 Å². The lowest BCUT2D eigenvalue weighted by molar-refractivity contribution is -0.147. The Morgan fingerprint density at radius 2 is 1.55 bits per heavy atom. The van der Waals surface area contributed by atoms with Crippen LogP contribution in [0.1, 0.15) is 77.1 Å². The van der Waals surface area contributed by atoms with Crippen LogP contribution in [-0.2, 0) is 19.1 Å². The fraction of sp³-hybridized carbons (Fsp3) is 0.467. The van der Waals surface area contributed by atoms with Crippen molar-refractivity contribution in [3.8, 4) is 0 Å². The molecule has 0 saturated heterocycles. The molecule has 0 aliphatic rings. The number of amides is 4. The van der Waals surface area contributed by atoms with E-state index in [0.717, 1.165) is 11.1 Å². The van der Waals surface area contributed by atoms with E-state index in [0.29, 0.717) is 16.3 Å². The Kier molecular flexibility index (Phi) is 10.7. The summed E-state index contributed by atoms with van der Waals surface area (Å²) in [7, 11) is 0. The number of carbonyl (C=O) groups is 4. The predicted octanol–water partition coefficient (Wildman–Crippen LogP) is 5.42. The number of aryl methyl sites for hydroxylation is 2. The van der Waals surface area contributed by atoms with Crippen molar-refractivity contribution in [2.24, 2.45) is 5.73 Å². The molecular weight excluding hydrogens is 532 g/mol. The van der Waals surface area contributed by atoms with Gasteiger partial charge in [0.15, 0.2) is 0 Å². The Morgan fingerprint density at radius 1 is 0.950 bits per heavy atom. The van der Waals surface area contributed by atoms with Gasteiger partial charge >= 0.3 is 6.09 Å². The summed E-state index contributed by atoms with van der Waals surface area (Å²) >= 11 is 6.42. The molecule has 218 valence electrons. The third-order valence-corrected chi connectivity index (χ3v) is 6.40. The second kappa shape index (κ2) is 13.2. The number of carbonyl (C=O) groups excluding carboxylic acids is 4. The van der Waals surface area contributed by atoms with Crippen LogP contribution in [-0.4, -0.2) is 45.9 Å². The van der Waals surface area contributed by atoms with Crippen molar-refractivity contribution in [3.63, 3.8) is 0 Å². The van der Waals surface area contributed by atoms with Gasteiger partial charge in [-0.2, -0.15) is 0 Å². The van der Waals surface area contributed by atoms with Gasteiger partial charge in [-0.1, -0.05) is 48.0 Å². The van der Waals surface area contributed by atoms with Gasteiger partial charge < -0.3 is 26.0 Å². The van der Waals surface area contributed by atoms with Crippen molar-refractivity contribution >= 4 is 41.1 Å². The molecule has 4 N–H and O–H groups in total. The second-order valence-corrected chi connectivity index (χ2v) is 12.2. The van der Waals surface area contributed by atoms with E-state index in [4.69, 9.17) is 22.1 Å². The Labute approximate surface area is 241 Å². The average molecular weight is 573 g/mol. The first-order chi connectivity index (χ1) is 18.4. The first-order valence-electron chi connectivity index (χ1n) is 13.1. The maximum Gasteiger partial charge on any atom is 0.408 e. The summed E-state index contributed by atoms with van der Waals surface area (Å²) in [6, 6.07) is 10.2. The SMILES string of the molecule is Cc1ccccc1C(C(=O)Nc1c(C)cccc1Cl)N(C(=O)C(CCC(N)=O)NC(=O)OC(C)(C)C)C(C)(C)C. The third kappa shape index (κ3) is 8.98. The number of rotatable bonds is 9. The number of ether oxygens (including phenoxy) is 1. The largest absolute Gasteiger partial charge is 0.444 e. The lowest BCUT2D eigenvalue weighted by atomic mass is 9.92. The number of alkyl carbamates (subject to hydrolysis) is 1. The number of primary amides is 1. The van der Waals surface area contributed by atoms with E-state index in [9.17, 15) is 19.2 Å². The lowest BCUT2D eigenvalue weighted by Crippen LogP contribution is -2.58. The third-order valence-electron chi connectivity index (χ3n) is 6.09. The lowest BCUT2D eigenvalue weighted by Gasteiger charge is -2.43. The number of nitrogens with two attached hydrogens (primary N) is 1. The average Bonchev–Trinajstić information content (AvgIpc) is 2.80. The highest BCUT2D eigenvalue weighted by Crippen LogP contribution is 2.34. The van der Waals surface area contributed by atoms with Crippen LogP contribution in [0.25, 0.3) is 0 Å². The van der Waals surface area contributed by atoms with E-state index in [1.54, 1.807) is 65.8 Å². The van der Waals surface area contributed by atoms with E-state index >= 15 is 0 Å². The highest BCUT2D eigenvalue weighted by atomic mass is 35.5. The number of para-hydroxylation sites is 1. The van der Waals surface area contributed by atoms with Gasteiger partial charge in [0.2, 0.25) is 11.8 Å². The first kappa shape index (κ1) is 32.6. The molecule has 2 atom stereocenters. The predicted molar refractivity (Wildman–Crippen MR) is 157 cm³/mol. The minimum Gasteiger partial charge on any atom is -0.444 e. The highest BCUT2D eigenvalue weighted by molar-refractivity contribution is 6.34. The maximum atomic E-state index is 14.3. The molecule has 40 heavy (non-hydrogen) atoms. The molecular formula is C30H41ClN4O5. The molecule has 2 aromatic carbocycles. The van der Waals surface area contributed by atoms with Gasteiger partial charge in [0.25, 0.3) is 5.91 Å². The molecule has 10 heteroatoms. The van der Waals surface area contributed by atoms with Gasteiger partial charge in [0.1, 0.15) is 17.7 Å². The van der Waals surface area contributed by atoms with Crippen molar-refractivity contribution in [2.75, 3.05) is 5.32 Å². The van der Waals surface area contributed by atoms with E-state index in [-0.39, 0.29) is 12.8 Å². The topological polar surface area (TPSA) is 131 Å². The van der Waals surface area contributed by atoms with Crippen LogP contribution in [0.5, 0.6) is 0 Å². The summed E-state index contributed by atoms with van der Waals surface area (Å²) in [4.78, 5) is 54.2. The normalized spacial score (nSPS) is 13.1. The van der Waals surface area contributed by atoms with Crippen LogP contribution in [0.15, 0.2) is 42.5 Å². The van der Waals surface area contributed by atoms with E-state index < -0.39 is 47.0 Å². The highest BCUT2D eigenvalue weighted by Gasteiger charge is 2.42. The molecule has 0 bridgehead atoms. The molecule has 0 heterocycles. The fourth-order valence-corrected chi connectivity index (χ4v) is 4.55. The van der Waals surface area contributed by atoms with Gasteiger partial charge in [-0.25, -0.2) is 4.79 Å². The summed E-state index contributed by atoms with van der Waals surface area (Å²) in [5, 5.41) is 5.88. The number of hydrogen-bond donors (Lipinski definition) is 3. The zero-order chi connectivity index (χ0) is 30.4. The summed E-state index contributed by atoms with van der Waals surface area (Å²) in [6.07, 6.45) is -1.07. The summed E-state index contributed by atoms with van der Waals surface area (Å²) in [5.74, 6) is -1.69. The number of nitrogens with zero attached hydrogens (tertiary/aromatic N) is 1. The van der Waals surface area contributed by atoms with Crippen LogP contribution in [0.2, 0.25) is 5.02 Å².